The SMILES string of the molecule is CCCCOC(=O)OC(=O)CCC(N)c1cc(F)c(F)cc1F. The predicted molar refractivity (Wildman–Crippen MR) is 74.8 cm³/mol. The van der Waals surface area contributed by atoms with Crippen LogP contribution in [-0.4, -0.2) is 18.7 Å². The molecule has 1 rings (SSSR count). The third-order valence-corrected chi connectivity index (χ3v) is 3.01. The molecule has 0 radical (unpaired) electrons. The van der Waals surface area contributed by atoms with Crippen molar-refractivity contribution in [2.45, 2.75) is 38.6 Å². The van der Waals surface area contributed by atoms with E-state index in [4.69, 9.17) is 5.73 Å². The van der Waals surface area contributed by atoms with Crippen LogP contribution in [0, 0.1) is 17.5 Å². The van der Waals surface area contributed by atoms with Crippen molar-refractivity contribution >= 4 is 12.1 Å². The predicted octanol–water partition coefficient (Wildman–Crippen LogP) is 3.36. The Kier molecular flexibility index (Phi) is 7.53. The maximum atomic E-state index is 13.5. The first-order valence-corrected chi connectivity index (χ1v) is 7.12. The van der Waals surface area contributed by atoms with Crippen LogP contribution < -0.4 is 5.73 Å². The van der Waals surface area contributed by atoms with E-state index in [0.717, 1.165) is 6.42 Å². The third kappa shape index (κ3) is 6.27. The third-order valence-electron chi connectivity index (χ3n) is 3.01. The quantitative estimate of drug-likeness (QED) is 0.358. The number of ether oxygens (including phenoxy) is 2. The standard InChI is InChI=1S/C15H18F3NO4/c1-2-3-6-22-15(21)23-14(20)5-4-13(19)9-7-11(17)12(18)8-10(9)16/h7-8,13H,2-6,19H2,1H3. The van der Waals surface area contributed by atoms with Gasteiger partial charge in [0.1, 0.15) is 5.82 Å². The lowest BCUT2D eigenvalue weighted by Gasteiger charge is -2.12. The van der Waals surface area contributed by atoms with Gasteiger partial charge in [0.25, 0.3) is 0 Å². The smallest absolute Gasteiger partial charge is 0.434 e. The second-order valence-electron chi connectivity index (χ2n) is 4.86. The van der Waals surface area contributed by atoms with E-state index >= 15 is 0 Å². The number of benzene rings is 1. The Balaban J connectivity index is 2.46. The van der Waals surface area contributed by atoms with Crippen molar-refractivity contribution in [2.24, 2.45) is 5.73 Å². The monoisotopic (exact) mass is 333 g/mol. The molecule has 1 aromatic carbocycles. The highest BCUT2D eigenvalue weighted by atomic mass is 19.2. The van der Waals surface area contributed by atoms with E-state index in [0.29, 0.717) is 18.6 Å². The molecule has 0 fully saturated rings. The average Bonchev–Trinajstić information content (AvgIpc) is 2.48. The summed E-state index contributed by atoms with van der Waals surface area (Å²) in [7, 11) is 0. The van der Waals surface area contributed by atoms with Crippen LogP contribution in [0.5, 0.6) is 0 Å². The molecule has 23 heavy (non-hydrogen) atoms. The van der Waals surface area contributed by atoms with Crippen molar-refractivity contribution in [3.63, 3.8) is 0 Å². The van der Waals surface area contributed by atoms with E-state index < -0.39 is 35.6 Å². The molecule has 2 N–H and O–H groups in total. The van der Waals surface area contributed by atoms with Crippen molar-refractivity contribution in [1.29, 1.82) is 0 Å². The van der Waals surface area contributed by atoms with Crippen LogP contribution in [0.1, 0.15) is 44.2 Å². The average molecular weight is 333 g/mol. The molecule has 0 saturated heterocycles. The van der Waals surface area contributed by atoms with Gasteiger partial charge in [-0.3, -0.25) is 4.79 Å². The Morgan fingerprint density at radius 3 is 2.48 bits per heavy atom. The lowest BCUT2D eigenvalue weighted by atomic mass is 10.0. The lowest BCUT2D eigenvalue weighted by molar-refractivity contribution is -0.140. The summed E-state index contributed by atoms with van der Waals surface area (Å²) >= 11 is 0. The van der Waals surface area contributed by atoms with Gasteiger partial charge in [0.05, 0.1) is 6.61 Å². The number of rotatable bonds is 7. The molecule has 1 unspecified atom stereocenters. The molecule has 0 saturated carbocycles. The number of carbonyl (C=O) groups excluding carboxylic acids is 2. The minimum absolute atomic E-state index is 0.108. The maximum absolute atomic E-state index is 13.5. The number of carbonyl (C=O) groups is 2. The van der Waals surface area contributed by atoms with Gasteiger partial charge in [-0.25, -0.2) is 18.0 Å². The van der Waals surface area contributed by atoms with Crippen LogP contribution in [0.4, 0.5) is 18.0 Å². The highest BCUT2D eigenvalue weighted by Gasteiger charge is 2.18. The number of halogens is 3. The maximum Gasteiger partial charge on any atom is 0.516 e. The minimum atomic E-state index is -1.33. The van der Waals surface area contributed by atoms with Gasteiger partial charge >= 0.3 is 12.1 Å². The van der Waals surface area contributed by atoms with Gasteiger partial charge in [-0.1, -0.05) is 13.3 Å². The molecule has 0 aliphatic rings. The van der Waals surface area contributed by atoms with Crippen LogP contribution in [0.15, 0.2) is 12.1 Å². The van der Waals surface area contributed by atoms with Crippen molar-refractivity contribution in [1.82, 2.24) is 0 Å². The second kappa shape index (κ2) is 9.14. The van der Waals surface area contributed by atoms with Gasteiger partial charge in [0.2, 0.25) is 0 Å². The summed E-state index contributed by atoms with van der Waals surface area (Å²) in [6.45, 7) is 2.04. The van der Waals surface area contributed by atoms with Crippen molar-refractivity contribution in [2.75, 3.05) is 6.61 Å². The molecule has 0 aliphatic carbocycles. The fourth-order valence-corrected chi connectivity index (χ4v) is 1.72. The summed E-state index contributed by atoms with van der Waals surface area (Å²) in [6.07, 6.45) is -0.0682. The Morgan fingerprint density at radius 1 is 1.17 bits per heavy atom. The zero-order chi connectivity index (χ0) is 17.4. The van der Waals surface area contributed by atoms with Crippen molar-refractivity contribution < 1.29 is 32.2 Å². The van der Waals surface area contributed by atoms with Gasteiger partial charge < -0.3 is 15.2 Å². The number of hydrogen-bond donors (Lipinski definition) is 1. The number of esters is 1. The van der Waals surface area contributed by atoms with Gasteiger partial charge in [-0.15, -0.1) is 0 Å². The first-order chi connectivity index (χ1) is 10.8. The molecule has 0 bridgehead atoms. The first-order valence-electron chi connectivity index (χ1n) is 7.12. The molecular weight excluding hydrogens is 315 g/mol. The summed E-state index contributed by atoms with van der Waals surface area (Å²) in [6, 6.07) is -0.0260. The molecule has 1 atom stereocenters. The zero-order valence-electron chi connectivity index (χ0n) is 12.6. The van der Waals surface area contributed by atoms with Crippen LogP contribution in [0.25, 0.3) is 0 Å². The fourth-order valence-electron chi connectivity index (χ4n) is 1.72. The fraction of sp³-hybridized carbons (Fsp3) is 0.467. The van der Waals surface area contributed by atoms with E-state index in [1.807, 2.05) is 6.92 Å². The Morgan fingerprint density at radius 2 is 1.83 bits per heavy atom. The molecule has 1 aromatic rings. The normalized spacial score (nSPS) is 11.9. The molecule has 0 spiro atoms. The van der Waals surface area contributed by atoms with Crippen LogP contribution in [0.3, 0.4) is 0 Å². The van der Waals surface area contributed by atoms with Crippen LogP contribution in [0.2, 0.25) is 0 Å². The van der Waals surface area contributed by atoms with Gasteiger partial charge in [-0.05, 0) is 18.9 Å². The lowest BCUT2D eigenvalue weighted by Crippen LogP contribution is -2.18. The van der Waals surface area contributed by atoms with E-state index in [-0.39, 0.29) is 25.0 Å². The topological polar surface area (TPSA) is 78.6 Å². The van der Waals surface area contributed by atoms with Crippen molar-refractivity contribution in [3.05, 3.63) is 35.1 Å². The molecule has 0 aliphatic heterocycles. The highest BCUT2D eigenvalue weighted by molar-refractivity contribution is 5.81. The Labute approximate surface area is 131 Å². The van der Waals surface area contributed by atoms with Crippen LogP contribution in [-0.2, 0) is 14.3 Å². The summed E-state index contributed by atoms with van der Waals surface area (Å²) in [4.78, 5) is 22.6. The Bertz CT molecular complexity index is 566. The second-order valence-corrected chi connectivity index (χ2v) is 4.86. The minimum Gasteiger partial charge on any atom is -0.434 e. The number of nitrogens with two attached hydrogens (primary N) is 1. The van der Waals surface area contributed by atoms with E-state index in [9.17, 15) is 22.8 Å². The van der Waals surface area contributed by atoms with E-state index in [2.05, 4.69) is 9.47 Å². The molecule has 0 aromatic heterocycles. The first kappa shape index (κ1) is 19.0. The van der Waals surface area contributed by atoms with E-state index in [1.165, 1.54) is 0 Å². The number of hydrogen-bond acceptors (Lipinski definition) is 5. The van der Waals surface area contributed by atoms with E-state index in [1.54, 1.807) is 0 Å². The molecule has 5 nitrogen and oxygen atoms in total. The summed E-state index contributed by atoms with van der Waals surface area (Å²) < 4.78 is 48.4. The molecule has 8 heteroatoms. The molecular formula is C15H18F3NO4. The Hall–Kier alpha value is -2.09. The highest BCUT2D eigenvalue weighted by Crippen LogP contribution is 2.22. The van der Waals surface area contributed by atoms with Gasteiger partial charge in [0.15, 0.2) is 11.6 Å². The molecule has 0 heterocycles. The largest absolute Gasteiger partial charge is 0.516 e. The summed E-state index contributed by atoms with van der Waals surface area (Å²) in [5.41, 5.74) is 5.38. The zero-order valence-corrected chi connectivity index (χ0v) is 12.6. The summed E-state index contributed by atoms with van der Waals surface area (Å²) in [5.74, 6) is -4.47. The molecule has 0 amide bonds. The number of unbranched alkanes of at least 4 members (excludes halogenated alkanes) is 1. The van der Waals surface area contributed by atoms with Crippen LogP contribution >= 0.6 is 0 Å². The van der Waals surface area contributed by atoms with Crippen molar-refractivity contribution in [3.8, 4) is 0 Å². The van der Waals surface area contributed by atoms with Gasteiger partial charge in [-0.2, -0.15) is 0 Å². The summed E-state index contributed by atoms with van der Waals surface area (Å²) in [5, 5.41) is 0. The van der Waals surface area contributed by atoms with Gasteiger partial charge in [0, 0.05) is 24.1 Å². The molecule has 128 valence electrons.